The minimum Gasteiger partial charge on any atom is -0.367 e. The molecule has 0 spiro atoms. The van der Waals surface area contributed by atoms with Crippen LogP contribution in [0.3, 0.4) is 0 Å². The summed E-state index contributed by atoms with van der Waals surface area (Å²) in [5.41, 5.74) is 0.416. The lowest BCUT2D eigenvalue weighted by atomic mass is 10.1. The van der Waals surface area contributed by atoms with Crippen molar-refractivity contribution in [1.82, 2.24) is 15.1 Å². The second-order valence-corrected chi connectivity index (χ2v) is 6.04. The normalized spacial score (nSPS) is 14.6. The molecular weight excluding hydrogens is 328 g/mol. The van der Waals surface area contributed by atoms with Crippen LogP contribution in [0.25, 0.3) is 0 Å². The van der Waals surface area contributed by atoms with E-state index in [1.165, 1.54) is 11.0 Å². The number of nitrogens with zero attached hydrogens (tertiary/aromatic N) is 5. The monoisotopic (exact) mass is 347 g/mol. The average Bonchev–Trinajstić information content (AvgIpc) is 2.61. The lowest BCUT2D eigenvalue weighted by Crippen LogP contribution is -2.49. The molecule has 0 aliphatic carbocycles. The number of benzene rings is 1. The predicted octanol–water partition coefficient (Wildman–Crippen LogP) is 1.78. The van der Waals surface area contributed by atoms with Gasteiger partial charge in [-0.05, 0) is 12.1 Å². The van der Waals surface area contributed by atoms with Crippen LogP contribution in [0.15, 0.2) is 30.5 Å². The molecule has 2 aromatic rings. The standard InChI is InChI=1S/C17H19F2N5O/c1-22(2)15-10-12(11-20-21-15)23-6-8-24(9-7-23)17(25)16-13(18)4-3-5-14(16)19/h3-5,10-11H,6-9H2,1-2H3. The molecule has 6 nitrogen and oxygen atoms in total. The molecule has 0 N–H and O–H groups in total. The summed E-state index contributed by atoms with van der Waals surface area (Å²) in [5.74, 6) is -1.54. The number of rotatable bonds is 3. The number of anilines is 2. The van der Waals surface area contributed by atoms with Gasteiger partial charge in [-0.1, -0.05) is 6.07 Å². The van der Waals surface area contributed by atoms with Gasteiger partial charge in [0.2, 0.25) is 0 Å². The van der Waals surface area contributed by atoms with Crippen LogP contribution in [0.2, 0.25) is 0 Å². The Morgan fingerprint density at radius 2 is 1.76 bits per heavy atom. The quantitative estimate of drug-likeness (QED) is 0.847. The Labute approximate surface area is 144 Å². The highest BCUT2D eigenvalue weighted by Gasteiger charge is 2.26. The molecule has 0 radical (unpaired) electrons. The van der Waals surface area contributed by atoms with E-state index in [0.29, 0.717) is 26.2 Å². The highest BCUT2D eigenvalue weighted by atomic mass is 19.1. The van der Waals surface area contributed by atoms with Gasteiger partial charge in [0.1, 0.15) is 17.2 Å². The van der Waals surface area contributed by atoms with Crippen molar-refractivity contribution in [2.45, 2.75) is 0 Å². The molecular formula is C17H19F2N5O. The Hall–Kier alpha value is -2.77. The maximum atomic E-state index is 13.8. The largest absolute Gasteiger partial charge is 0.367 e. The van der Waals surface area contributed by atoms with E-state index in [4.69, 9.17) is 0 Å². The number of carbonyl (C=O) groups is 1. The van der Waals surface area contributed by atoms with Crippen molar-refractivity contribution < 1.29 is 13.6 Å². The fraction of sp³-hybridized carbons (Fsp3) is 0.353. The van der Waals surface area contributed by atoms with Crippen molar-refractivity contribution in [2.75, 3.05) is 50.1 Å². The van der Waals surface area contributed by atoms with E-state index < -0.39 is 23.1 Å². The van der Waals surface area contributed by atoms with Crippen LogP contribution in [-0.2, 0) is 0 Å². The first-order valence-electron chi connectivity index (χ1n) is 7.95. The molecule has 1 aromatic heterocycles. The van der Waals surface area contributed by atoms with Crippen molar-refractivity contribution in [1.29, 1.82) is 0 Å². The summed E-state index contributed by atoms with van der Waals surface area (Å²) in [4.78, 5) is 17.8. The molecule has 0 atom stereocenters. The minimum absolute atomic E-state index is 0.381. The Balaban J connectivity index is 1.70. The van der Waals surface area contributed by atoms with Crippen LogP contribution < -0.4 is 9.80 Å². The molecule has 0 unspecified atom stereocenters. The van der Waals surface area contributed by atoms with Gasteiger partial charge < -0.3 is 14.7 Å². The second-order valence-electron chi connectivity index (χ2n) is 6.04. The third kappa shape index (κ3) is 3.52. The highest BCUT2D eigenvalue weighted by Crippen LogP contribution is 2.21. The van der Waals surface area contributed by atoms with Gasteiger partial charge in [-0.15, -0.1) is 5.10 Å². The van der Waals surface area contributed by atoms with Crippen LogP contribution in [0.4, 0.5) is 20.3 Å². The van der Waals surface area contributed by atoms with E-state index in [0.717, 1.165) is 23.6 Å². The molecule has 25 heavy (non-hydrogen) atoms. The summed E-state index contributed by atoms with van der Waals surface area (Å²) < 4.78 is 27.6. The van der Waals surface area contributed by atoms with Crippen molar-refractivity contribution in [3.05, 3.63) is 47.7 Å². The minimum atomic E-state index is -0.832. The Kier molecular flexibility index (Phi) is 4.78. The molecule has 1 aliphatic rings. The van der Waals surface area contributed by atoms with E-state index in [1.807, 2.05) is 25.1 Å². The van der Waals surface area contributed by atoms with Gasteiger partial charge in [0.05, 0.1) is 11.9 Å². The van der Waals surface area contributed by atoms with Crippen LogP contribution >= 0.6 is 0 Å². The molecule has 8 heteroatoms. The summed E-state index contributed by atoms with van der Waals surface area (Å²) in [7, 11) is 3.76. The number of hydrogen-bond acceptors (Lipinski definition) is 5. The molecule has 1 saturated heterocycles. The van der Waals surface area contributed by atoms with Crippen molar-refractivity contribution >= 4 is 17.4 Å². The van der Waals surface area contributed by atoms with E-state index in [1.54, 1.807) is 6.20 Å². The van der Waals surface area contributed by atoms with Crippen molar-refractivity contribution in [3.8, 4) is 0 Å². The number of carbonyl (C=O) groups excluding carboxylic acids is 1. The number of amides is 1. The summed E-state index contributed by atoms with van der Waals surface area (Å²) in [6.45, 7) is 1.87. The molecule has 3 rings (SSSR count). The van der Waals surface area contributed by atoms with Crippen molar-refractivity contribution in [2.24, 2.45) is 0 Å². The molecule has 1 fully saturated rings. The third-order valence-electron chi connectivity index (χ3n) is 4.19. The maximum Gasteiger partial charge on any atom is 0.259 e. The van der Waals surface area contributed by atoms with Gasteiger partial charge >= 0.3 is 0 Å². The summed E-state index contributed by atoms with van der Waals surface area (Å²) in [6.07, 6.45) is 1.67. The SMILES string of the molecule is CN(C)c1cc(N2CCN(C(=O)c3c(F)cccc3F)CC2)cnn1. The fourth-order valence-electron chi connectivity index (χ4n) is 2.77. The van der Waals surface area contributed by atoms with Gasteiger partial charge in [0.15, 0.2) is 5.82 Å². The van der Waals surface area contributed by atoms with E-state index >= 15 is 0 Å². The van der Waals surface area contributed by atoms with Crippen LogP contribution in [-0.4, -0.2) is 61.3 Å². The van der Waals surface area contributed by atoms with Gasteiger partial charge in [-0.3, -0.25) is 4.79 Å². The Bertz CT molecular complexity index is 755. The smallest absolute Gasteiger partial charge is 0.259 e. The summed E-state index contributed by atoms with van der Waals surface area (Å²) in [6, 6.07) is 5.36. The van der Waals surface area contributed by atoms with Crippen LogP contribution in [0, 0.1) is 11.6 Å². The second kappa shape index (κ2) is 7.00. The van der Waals surface area contributed by atoms with Gasteiger partial charge in [-0.2, -0.15) is 5.10 Å². The topological polar surface area (TPSA) is 52.6 Å². The number of hydrogen-bond donors (Lipinski definition) is 0. The Morgan fingerprint density at radius 3 is 2.36 bits per heavy atom. The van der Waals surface area contributed by atoms with E-state index in [-0.39, 0.29) is 0 Å². The lowest BCUT2D eigenvalue weighted by Gasteiger charge is -2.36. The van der Waals surface area contributed by atoms with Gasteiger partial charge in [0.25, 0.3) is 5.91 Å². The molecule has 2 heterocycles. The molecule has 1 amide bonds. The fourth-order valence-corrected chi connectivity index (χ4v) is 2.77. The zero-order chi connectivity index (χ0) is 18.0. The van der Waals surface area contributed by atoms with Gasteiger partial charge in [-0.25, -0.2) is 8.78 Å². The van der Waals surface area contributed by atoms with Crippen molar-refractivity contribution in [3.63, 3.8) is 0 Å². The maximum absolute atomic E-state index is 13.8. The predicted molar refractivity (Wildman–Crippen MR) is 90.8 cm³/mol. The highest BCUT2D eigenvalue weighted by molar-refractivity contribution is 5.95. The molecule has 0 saturated carbocycles. The van der Waals surface area contributed by atoms with Crippen LogP contribution in [0.5, 0.6) is 0 Å². The first kappa shape index (κ1) is 17.1. The van der Waals surface area contributed by atoms with Gasteiger partial charge in [0, 0.05) is 46.3 Å². The first-order chi connectivity index (χ1) is 12.0. The Morgan fingerprint density at radius 1 is 1.12 bits per heavy atom. The number of aromatic nitrogens is 2. The number of halogens is 2. The molecule has 0 bridgehead atoms. The summed E-state index contributed by atoms with van der Waals surface area (Å²) in [5, 5.41) is 8.03. The van der Waals surface area contributed by atoms with E-state index in [9.17, 15) is 13.6 Å². The molecule has 132 valence electrons. The molecule has 1 aliphatic heterocycles. The summed E-state index contributed by atoms with van der Waals surface area (Å²) >= 11 is 0. The van der Waals surface area contributed by atoms with Crippen LogP contribution in [0.1, 0.15) is 10.4 Å². The lowest BCUT2D eigenvalue weighted by molar-refractivity contribution is 0.0737. The first-order valence-corrected chi connectivity index (χ1v) is 7.95. The average molecular weight is 347 g/mol. The number of piperazine rings is 1. The van der Waals surface area contributed by atoms with E-state index in [2.05, 4.69) is 15.1 Å². The third-order valence-corrected chi connectivity index (χ3v) is 4.19. The zero-order valence-corrected chi connectivity index (χ0v) is 14.1. The molecule has 1 aromatic carbocycles. The zero-order valence-electron chi connectivity index (χ0n) is 14.1.